The summed E-state index contributed by atoms with van der Waals surface area (Å²) >= 11 is 6.14. The molecule has 0 saturated heterocycles. The molecular weight excluding hydrogens is 1120 g/mol. The molecule has 17 N–H and O–H groups in total. The molecule has 0 aromatic heterocycles. The largest absolute Gasteiger partial charge is 0.369 e. The Labute approximate surface area is 503 Å². The van der Waals surface area contributed by atoms with Crippen molar-refractivity contribution in [3.8, 4) is 0 Å². The Kier molecular flexibility index (Phi) is 34.5. The quantitative estimate of drug-likeness (QED) is 0.0425. The molecule has 23 nitrogen and oxygen atoms in total. The average Bonchev–Trinajstić information content (AvgIpc) is 2.82. The summed E-state index contributed by atoms with van der Waals surface area (Å²) < 4.78 is 28.7. The number of hydrogen-bond donors (Lipinski definition) is 12. The third-order valence-electron chi connectivity index (χ3n) is 13.7. The smallest absolute Gasteiger partial charge is 0.243 e. The van der Waals surface area contributed by atoms with E-state index >= 15 is 0 Å². The van der Waals surface area contributed by atoms with Gasteiger partial charge in [0.05, 0.1) is 17.5 Å². The van der Waals surface area contributed by atoms with Crippen molar-refractivity contribution in [3.63, 3.8) is 0 Å². The van der Waals surface area contributed by atoms with Crippen LogP contribution in [0.3, 0.4) is 0 Å². The lowest BCUT2D eigenvalue weighted by molar-refractivity contribution is -0.136. The predicted octanol–water partition coefficient (Wildman–Crippen LogP) is 2.35. The molecule has 0 aliphatic rings. The number of nitrogens with two attached hydrogens (primary N) is 5. The van der Waals surface area contributed by atoms with E-state index < -0.39 is 112 Å². The Morgan fingerprint density at radius 3 is 1.23 bits per heavy atom. The van der Waals surface area contributed by atoms with Gasteiger partial charge in [-0.3, -0.25) is 38.4 Å². The molecular formula is C59H100ClN13O10S. The number of unbranched alkanes of at least 4 members (excludes halogenated alkanes) is 3. The van der Waals surface area contributed by atoms with Gasteiger partial charge in [0.25, 0.3) is 0 Å². The van der Waals surface area contributed by atoms with Crippen molar-refractivity contribution in [3.05, 3.63) is 65.2 Å². The van der Waals surface area contributed by atoms with Crippen molar-refractivity contribution in [2.45, 2.75) is 199 Å². The molecule has 0 unspecified atom stereocenters. The lowest BCUT2D eigenvalue weighted by Crippen LogP contribution is -2.60. The van der Waals surface area contributed by atoms with E-state index in [1.807, 2.05) is 85.7 Å². The van der Waals surface area contributed by atoms with Gasteiger partial charge in [-0.25, -0.2) is 8.42 Å². The number of rotatable bonds is 42. The van der Waals surface area contributed by atoms with Crippen LogP contribution in [0.2, 0.25) is 5.02 Å². The highest BCUT2D eigenvalue weighted by atomic mass is 35.5. The second-order valence-electron chi connectivity index (χ2n) is 23.5. The van der Waals surface area contributed by atoms with Gasteiger partial charge in [-0.2, -0.15) is 4.31 Å². The van der Waals surface area contributed by atoms with Crippen LogP contribution < -0.4 is 65.9 Å². The topological polar surface area (TPSA) is 388 Å². The van der Waals surface area contributed by atoms with Crippen molar-refractivity contribution in [2.75, 3.05) is 32.7 Å². The molecule has 474 valence electrons. The highest BCUT2D eigenvalue weighted by Gasteiger charge is 2.36. The average molecular weight is 1220 g/mol. The van der Waals surface area contributed by atoms with Crippen molar-refractivity contribution in [1.29, 1.82) is 0 Å². The summed E-state index contributed by atoms with van der Waals surface area (Å²) in [6.07, 6.45) is 4.14. The van der Waals surface area contributed by atoms with E-state index in [-0.39, 0.29) is 98.0 Å². The first-order chi connectivity index (χ1) is 39.6. The van der Waals surface area contributed by atoms with Gasteiger partial charge >= 0.3 is 0 Å². The van der Waals surface area contributed by atoms with E-state index in [0.29, 0.717) is 51.6 Å². The minimum Gasteiger partial charge on any atom is -0.369 e. The number of sulfonamides is 1. The number of primary amides is 1. The predicted molar refractivity (Wildman–Crippen MR) is 328 cm³/mol. The number of carbonyl (C=O) groups is 8. The number of halogens is 1. The molecule has 0 heterocycles. The number of hydrogen-bond acceptors (Lipinski definition) is 14. The summed E-state index contributed by atoms with van der Waals surface area (Å²) in [7, 11) is -4.36. The van der Waals surface area contributed by atoms with Gasteiger partial charge in [-0.15, -0.1) is 0 Å². The van der Waals surface area contributed by atoms with Gasteiger partial charge < -0.3 is 65.9 Å². The number of amides is 8. The fourth-order valence-electron chi connectivity index (χ4n) is 9.49. The Hall–Kier alpha value is -5.76. The fourth-order valence-corrected chi connectivity index (χ4v) is 11.2. The molecule has 0 bridgehead atoms. The maximum absolute atomic E-state index is 14.5. The molecule has 25 heteroatoms. The summed E-state index contributed by atoms with van der Waals surface area (Å²) in [6, 6.07) is 5.91. The first-order valence-electron chi connectivity index (χ1n) is 29.7. The third kappa shape index (κ3) is 28.4. The molecule has 0 aliphatic carbocycles. The molecule has 0 saturated carbocycles. The van der Waals surface area contributed by atoms with Crippen molar-refractivity contribution in [1.82, 2.24) is 41.5 Å². The second-order valence-corrected chi connectivity index (χ2v) is 25.8. The van der Waals surface area contributed by atoms with Gasteiger partial charge in [0, 0.05) is 17.6 Å². The third-order valence-corrected chi connectivity index (χ3v) is 15.7. The Bertz CT molecular complexity index is 2490. The molecule has 0 radical (unpaired) electrons. The normalized spacial score (nSPS) is 14.6. The van der Waals surface area contributed by atoms with Gasteiger partial charge in [-0.1, -0.05) is 103 Å². The van der Waals surface area contributed by atoms with Crippen LogP contribution in [-0.4, -0.2) is 141 Å². The van der Waals surface area contributed by atoms with Gasteiger partial charge in [0.2, 0.25) is 57.3 Å². The molecule has 2 rings (SSSR count). The molecule has 84 heavy (non-hydrogen) atoms. The molecule has 8 amide bonds. The summed E-state index contributed by atoms with van der Waals surface area (Å²) in [5, 5.41) is 20.0. The lowest BCUT2D eigenvalue weighted by Gasteiger charge is -2.30. The highest BCUT2D eigenvalue weighted by molar-refractivity contribution is 7.89. The Morgan fingerprint density at radius 1 is 0.488 bits per heavy atom. The minimum atomic E-state index is -4.36. The van der Waals surface area contributed by atoms with E-state index in [9.17, 15) is 46.8 Å². The van der Waals surface area contributed by atoms with Crippen LogP contribution in [0.1, 0.15) is 144 Å². The van der Waals surface area contributed by atoms with E-state index in [1.165, 1.54) is 24.3 Å². The lowest BCUT2D eigenvalue weighted by atomic mass is 9.98. The molecule has 0 fully saturated rings. The summed E-state index contributed by atoms with van der Waals surface area (Å²) in [6.45, 7) is 14.8. The van der Waals surface area contributed by atoms with Gasteiger partial charge in [0.1, 0.15) is 36.3 Å². The zero-order chi connectivity index (χ0) is 63.1. The summed E-state index contributed by atoms with van der Waals surface area (Å²) in [5.74, 6) is -5.90. The summed E-state index contributed by atoms with van der Waals surface area (Å²) in [4.78, 5) is 112. The summed E-state index contributed by atoms with van der Waals surface area (Å²) in [5.41, 5.74) is 30.2. The van der Waals surface area contributed by atoms with Crippen LogP contribution in [0, 0.1) is 23.7 Å². The Balaban J connectivity index is 2.46. The SMILES string of the molecule is CC(C)C[C@@H](CN(CC(N)=O)S(=O)(=O)c1cccc(Cl)c1)NC(=O)[C@H](CCCCN)NC(=O)[C@H](CCCCN)NC(=O)[C@H](CC(C)C)NC(=O)[C@H](CC(C)C)NC(=O)[C@H](CCCCN)NC(=O)[C@H](CC(C)C)NC(=O)[C@@H](N)Cc1ccccc1. The van der Waals surface area contributed by atoms with Crippen LogP contribution >= 0.6 is 11.6 Å². The molecule has 0 spiro atoms. The van der Waals surface area contributed by atoms with Crippen LogP contribution in [0.4, 0.5) is 0 Å². The van der Waals surface area contributed by atoms with E-state index in [2.05, 4.69) is 37.2 Å². The molecule has 8 atom stereocenters. The van der Waals surface area contributed by atoms with E-state index in [4.69, 9.17) is 40.3 Å². The number of nitrogens with zero attached hydrogens (tertiary/aromatic N) is 1. The zero-order valence-electron chi connectivity index (χ0n) is 50.8. The van der Waals surface area contributed by atoms with Crippen LogP contribution in [0.5, 0.6) is 0 Å². The number of carbonyl (C=O) groups excluding carboxylic acids is 8. The van der Waals surface area contributed by atoms with Crippen molar-refractivity contribution in [2.24, 2.45) is 52.3 Å². The van der Waals surface area contributed by atoms with Crippen LogP contribution in [0.15, 0.2) is 59.5 Å². The van der Waals surface area contributed by atoms with Crippen LogP contribution in [-0.2, 0) is 54.8 Å². The first kappa shape index (κ1) is 74.3. The van der Waals surface area contributed by atoms with Crippen molar-refractivity contribution < 1.29 is 46.8 Å². The highest BCUT2D eigenvalue weighted by Crippen LogP contribution is 2.22. The Morgan fingerprint density at radius 2 is 0.857 bits per heavy atom. The van der Waals surface area contributed by atoms with E-state index in [1.54, 1.807) is 0 Å². The van der Waals surface area contributed by atoms with Crippen LogP contribution in [0.25, 0.3) is 0 Å². The fraction of sp³-hybridized carbons (Fsp3) is 0.661. The number of nitrogens with one attached hydrogen (secondary N) is 7. The minimum absolute atomic E-state index is 0.0392. The monoisotopic (exact) mass is 1220 g/mol. The standard InChI is InChI=1S/C59H100ClN13O10S/c1-37(2)29-43(35-73(36-52(65)74)84(82,83)44-22-18-21-42(60)34-44)66-54(76)46(23-12-15-26-61)67-55(77)47(24-13-16-27-62)68-58(80)50(31-39(5)6)72-59(81)51(32-40(7)8)71-56(78)48(25-14-17-28-63)69-57(79)49(30-38(3)4)70-53(75)45(64)33-41-19-10-9-11-20-41/h9-11,18-22,34,37-40,43,45-51H,12-17,23-33,35-36,61-64H2,1-8H3,(H2,65,74)(H,66,76)(H,67,77)(H,68,80)(H,69,79)(H,70,75)(H,71,78)(H,72,81)/t43-,45-,46-,47-,48-,49-,50-,51-/m0/s1. The maximum atomic E-state index is 14.5. The zero-order valence-corrected chi connectivity index (χ0v) is 52.3. The second kappa shape index (κ2) is 39.0. The van der Waals surface area contributed by atoms with Gasteiger partial charge in [-0.05, 0) is 157 Å². The van der Waals surface area contributed by atoms with Crippen molar-refractivity contribution >= 4 is 68.9 Å². The van der Waals surface area contributed by atoms with E-state index in [0.717, 1.165) is 9.87 Å². The molecule has 2 aromatic rings. The first-order valence-corrected chi connectivity index (χ1v) is 31.5. The number of benzene rings is 2. The molecule has 2 aromatic carbocycles. The maximum Gasteiger partial charge on any atom is 0.243 e. The molecule has 0 aliphatic heterocycles. The van der Waals surface area contributed by atoms with Gasteiger partial charge in [0.15, 0.2) is 0 Å².